The Balaban J connectivity index is 1.41. The molecule has 2 saturated heterocycles. The monoisotopic (exact) mass is 333 g/mol. The zero-order chi connectivity index (χ0) is 16.8. The second kappa shape index (κ2) is 8.51. The van der Waals surface area contributed by atoms with Crippen LogP contribution in [0.2, 0.25) is 0 Å². The maximum absolute atomic E-state index is 12.5. The maximum atomic E-state index is 12.5. The fourth-order valence-corrected chi connectivity index (χ4v) is 3.85. The van der Waals surface area contributed by atoms with E-state index in [4.69, 9.17) is 0 Å². The van der Waals surface area contributed by atoms with Crippen molar-refractivity contribution < 1.29 is 4.79 Å². The Morgan fingerprint density at radius 1 is 1.25 bits per heavy atom. The van der Waals surface area contributed by atoms with Gasteiger partial charge in [-0.25, -0.2) is 4.79 Å². The van der Waals surface area contributed by atoms with E-state index in [0.717, 1.165) is 32.5 Å². The highest BCUT2D eigenvalue weighted by molar-refractivity contribution is 5.74. The van der Waals surface area contributed by atoms with E-state index < -0.39 is 0 Å². The summed E-state index contributed by atoms with van der Waals surface area (Å²) in [5.41, 5.74) is 1.18. The lowest BCUT2D eigenvalue weighted by atomic mass is 10.1. The van der Waals surface area contributed by atoms with Crippen molar-refractivity contribution in [1.82, 2.24) is 24.9 Å². The molecule has 1 aromatic rings. The number of hydrogen-bond acceptors (Lipinski definition) is 3. The number of carbonyl (C=O) groups is 1. The fourth-order valence-electron chi connectivity index (χ4n) is 3.85. The molecular formula is C18H31N5O. The van der Waals surface area contributed by atoms with E-state index in [-0.39, 0.29) is 6.03 Å². The van der Waals surface area contributed by atoms with Crippen LogP contribution in [0.5, 0.6) is 0 Å². The number of rotatable bonds is 5. The molecule has 2 aliphatic heterocycles. The second-order valence-corrected chi connectivity index (χ2v) is 7.20. The molecule has 0 unspecified atom stereocenters. The Hall–Kier alpha value is -1.56. The summed E-state index contributed by atoms with van der Waals surface area (Å²) in [5, 5.41) is 7.37. The minimum Gasteiger partial charge on any atom is -0.338 e. The van der Waals surface area contributed by atoms with Gasteiger partial charge in [-0.2, -0.15) is 5.10 Å². The van der Waals surface area contributed by atoms with Gasteiger partial charge >= 0.3 is 6.03 Å². The van der Waals surface area contributed by atoms with Crippen LogP contribution in [-0.4, -0.2) is 64.4 Å². The minimum absolute atomic E-state index is 0.109. The lowest BCUT2D eigenvalue weighted by Gasteiger charge is -2.30. The Labute approximate surface area is 145 Å². The van der Waals surface area contributed by atoms with Gasteiger partial charge < -0.3 is 10.2 Å². The van der Waals surface area contributed by atoms with Crippen LogP contribution in [-0.2, 0) is 6.54 Å². The van der Waals surface area contributed by atoms with Crippen LogP contribution >= 0.6 is 0 Å². The van der Waals surface area contributed by atoms with Crippen molar-refractivity contribution in [2.75, 3.05) is 32.7 Å². The fraction of sp³-hybridized carbons (Fsp3) is 0.778. The number of urea groups is 1. The highest BCUT2D eigenvalue weighted by Crippen LogP contribution is 2.20. The van der Waals surface area contributed by atoms with Gasteiger partial charge in [0.05, 0.1) is 6.20 Å². The van der Waals surface area contributed by atoms with Crippen LogP contribution in [0.15, 0.2) is 12.4 Å². The topological polar surface area (TPSA) is 53.4 Å². The number of hydrogen-bond donors (Lipinski definition) is 1. The number of amides is 2. The highest BCUT2D eigenvalue weighted by Gasteiger charge is 2.27. The SMILES string of the molecule is Cc1cnn(CCCNC(=O)N2CCCC[C@H](N3CCCC3)C2)c1. The van der Waals surface area contributed by atoms with E-state index in [1.54, 1.807) is 0 Å². The van der Waals surface area contributed by atoms with E-state index in [9.17, 15) is 4.79 Å². The molecule has 2 aliphatic rings. The number of carbonyl (C=O) groups excluding carboxylic acids is 1. The second-order valence-electron chi connectivity index (χ2n) is 7.20. The van der Waals surface area contributed by atoms with Crippen LogP contribution in [0.1, 0.15) is 44.1 Å². The summed E-state index contributed by atoms with van der Waals surface area (Å²) in [4.78, 5) is 17.1. The number of nitrogens with zero attached hydrogens (tertiary/aromatic N) is 4. The van der Waals surface area contributed by atoms with Gasteiger partial charge in [0.15, 0.2) is 0 Å². The van der Waals surface area contributed by atoms with Gasteiger partial charge in [-0.3, -0.25) is 9.58 Å². The van der Waals surface area contributed by atoms with Crippen molar-refractivity contribution >= 4 is 6.03 Å². The van der Waals surface area contributed by atoms with Gasteiger partial charge in [0.2, 0.25) is 0 Å². The normalized spacial score (nSPS) is 22.5. The van der Waals surface area contributed by atoms with Crippen molar-refractivity contribution in [3.05, 3.63) is 18.0 Å². The Morgan fingerprint density at radius 2 is 2.04 bits per heavy atom. The molecular weight excluding hydrogens is 302 g/mol. The van der Waals surface area contributed by atoms with Crippen LogP contribution in [0.3, 0.4) is 0 Å². The zero-order valence-corrected chi connectivity index (χ0v) is 14.9. The molecule has 6 nitrogen and oxygen atoms in total. The third-order valence-electron chi connectivity index (χ3n) is 5.19. The van der Waals surface area contributed by atoms with Crippen molar-refractivity contribution in [2.24, 2.45) is 0 Å². The van der Waals surface area contributed by atoms with Gasteiger partial charge in [0, 0.05) is 38.4 Å². The Morgan fingerprint density at radius 3 is 2.79 bits per heavy atom. The highest BCUT2D eigenvalue weighted by atomic mass is 16.2. The molecule has 1 aromatic heterocycles. The Kier molecular flexibility index (Phi) is 6.12. The lowest BCUT2D eigenvalue weighted by Crippen LogP contribution is -2.47. The molecule has 0 aromatic carbocycles. The molecule has 134 valence electrons. The van der Waals surface area contributed by atoms with Gasteiger partial charge in [-0.15, -0.1) is 0 Å². The summed E-state index contributed by atoms with van der Waals surface area (Å²) >= 11 is 0. The molecule has 3 rings (SSSR count). The summed E-state index contributed by atoms with van der Waals surface area (Å²) in [5.74, 6) is 0. The van der Waals surface area contributed by atoms with Crippen LogP contribution in [0.4, 0.5) is 4.79 Å². The molecule has 6 heteroatoms. The Bertz CT molecular complexity index is 523. The first-order valence-corrected chi connectivity index (χ1v) is 9.48. The molecule has 0 bridgehead atoms. The first-order chi connectivity index (χ1) is 11.7. The van der Waals surface area contributed by atoms with E-state index in [1.165, 1.54) is 44.3 Å². The molecule has 1 atom stereocenters. The average Bonchev–Trinajstić information content (AvgIpc) is 3.18. The zero-order valence-electron chi connectivity index (χ0n) is 14.9. The van der Waals surface area contributed by atoms with Crippen LogP contribution in [0.25, 0.3) is 0 Å². The molecule has 3 heterocycles. The van der Waals surface area contributed by atoms with Crippen molar-refractivity contribution in [3.63, 3.8) is 0 Å². The van der Waals surface area contributed by atoms with E-state index in [2.05, 4.69) is 15.3 Å². The molecule has 0 radical (unpaired) electrons. The third kappa shape index (κ3) is 4.72. The van der Waals surface area contributed by atoms with E-state index in [0.29, 0.717) is 12.6 Å². The van der Waals surface area contributed by atoms with Crippen LogP contribution in [0, 0.1) is 6.92 Å². The number of nitrogens with one attached hydrogen (secondary N) is 1. The number of likely N-dealkylation sites (tertiary alicyclic amines) is 2. The van der Waals surface area contributed by atoms with Gasteiger partial charge in [-0.1, -0.05) is 6.42 Å². The quantitative estimate of drug-likeness (QED) is 0.841. The molecule has 0 spiro atoms. The summed E-state index contributed by atoms with van der Waals surface area (Å²) in [6, 6.07) is 0.672. The van der Waals surface area contributed by atoms with Gasteiger partial charge in [0.25, 0.3) is 0 Å². The predicted octanol–water partition coefficient (Wildman–Crippen LogP) is 2.24. The average molecular weight is 333 g/mol. The molecule has 0 aliphatic carbocycles. The summed E-state index contributed by atoms with van der Waals surface area (Å²) < 4.78 is 1.94. The minimum atomic E-state index is 0.109. The van der Waals surface area contributed by atoms with E-state index in [1.807, 2.05) is 28.9 Å². The summed E-state index contributed by atoms with van der Waals surface area (Å²) in [6.45, 7) is 7.82. The van der Waals surface area contributed by atoms with Crippen molar-refractivity contribution in [1.29, 1.82) is 0 Å². The smallest absolute Gasteiger partial charge is 0.317 e. The third-order valence-corrected chi connectivity index (χ3v) is 5.19. The van der Waals surface area contributed by atoms with Crippen LogP contribution < -0.4 is 5.32 Å². The number of aromatic nitrogens is 2. The molecule has 24 heavy (non-hydrogen) atoms. The lowest BCUT2D eigenvalue weighted by molar-refractivity contribution is 0.166. The summed E-state index contributed by atoms with van der Waals surface area (Å²) in [7, 11) is 0. The van der Waals surface area contributed by atoms with Crippen molar-refractivity contribution in [2.45, 2.75) is 58.0 Å². The van der Waals surface area contributed by atoms with Crippen molar-refractivity contribution in [3.8, 4) is 0 Å². The van der Waals surface area contributed by atoms with Gasteiger partial charge in [0.1, 0.15) is 0 Å². The maximum Gasteiger partial charge on any atom is 0.317 e. The summed E-state index contributed by atoms with van der Waals surface area (Å²) in [6.07, 6.45) is 11.1. The first-order valence-electron chi connectivity index (χ1n) is 9.48. The first kappa shape index (κ1) is 17.3. The standard InChI is InChI=1S/C18H31N5O/c1-16-13-20-23(14-16)12-6-8-19-18(24)22-11-3-2-7-17(15-22)21-9-4-5-10-21/h13-14,17H,2-12,15H2,1H3,(H,19,24)/t17-/m0/s1. The molecule has 2 fully saturated rings. The van der Waals surface area contributed by atoms with Gasteiger partial charge in [-0.05, 0) is 57.7 Å². The molecule has 2 amide bonds. The molecule has 1 N–H and O–H groups in total. The number of aryl methyl sites for hydroxylation is 2. The van der Waals surface area contributed by atoms with E-state index >= 15 is 0 Å². The predicted molar refractivity (Wildman–Crippen MR) is 95.0 cm³/mol. The largest absolute Gasteiger partial charge is 0.338 e. The molecule has 0 saturated carbocycles.